The molecule has 1 aliphatic carbocycles. The summed E-state index contributed by atoms with van der Waals surface area (Å²) in [6.07, 6.45) is 7.50. The molecule has 29 heavy (non-hydrogen) atoms. The minimum absolute atomic E-state index is 0.0596. The molecule has 1 fully saturated rings. The van der Waals surface area contributed by atoms with Crippen LogP contribution in [0, 0.1) is 22.1 Å². The van der Waals surface area contributed by atoms with Gasteiger partial charge in [0.05, 0.1) is 6.42 Å². The molecule has 0 N–H and O–H groups in total. The second-order valence-corrected chi connectivity index (χ2v) is 7.93. The summed E-state index contributed by atoms with van der Waals surface area (Å²) < 4.78 is 13.9. The van der Waals surface area contributed by atoms with Crippen LogP contribution in [0.25, 0.3) is 0 Å². The van der Waals surface area contributed by atoms with E-state index in [0.29, 0.717) is 30.7 Å². The fourth-order valence-electron chi connectivity index (χ4n) is 4.36. The number of rotatable bonds is 5. The van der Waals surface area contributed by atoms with Gasteiger partial charge in [-0.25, -0.2) is 4.39 Å². The summed E-state index contributed by atoms with van der Waals surface area (Å²) in [4.78, 5) is 14.8. The Balaban J connectivity index is 1.30. The number of allylic oxidation sites excluding steroid dienone is 3. The molecule has 0 aromatic heterocycles. The van der Waals surface area contributed by atoms with Crippen molar-refractivity contribution < 1.29 is 13.9 Å². The minimum atomic E-state index is -0.688. The average molecular weight is 398 g/mol. The van der Waals surface area contributed by atoms with Gasteiger partial charge < -0.3 is 20.4 Å². The van der Waals surface area contributed by atoms with Crippen LogP contribution in [-0.2, 0) is 0 Å². The van der Waals surface area contributed by atoms with Gasteiger partial charge in [0, 0.05) is 36.6 Å². The lowest BCUT2D eigenvalue weighted by atomic mass is 9.89. The van der Waals surface area contributed by atoms with E-state index in [4.69, 9.17) is 0 Å². The van der Waals surface area contributed by atoms with E-state index in [0.717, 1.165) is 41.3 Å². The third-order valence-electron chi connectivity index (χ3n) is 6.10. The third kappa shape index (κ3) is 4.32. The van der Waals surface area contributed by atoms with Crippen LogP contribution in [0.5, 0.6) is 0 Å². The minimum Gasteiger partial charge on any atom is -0.780 e. The fourth-order valence-corrected chi connectivity index (χ4v) is 4.36. The highest BCUT2D eigenvalue weighted by Gasteiger charge is 2.32. The Morgan fingerprint density at radius 3 is 2.66 bits per heavy atom. The van der Waals surface area contributed by atoms with Crippen LogP contribution in [0.4, 0.5) is 4.39 Å². The standard InChI is InChI=1S/C22H25FN3O3/c23-19-7-5-16(6-8-19)22(27)17-9-12-24(13-10-17)14-11-21-25(28)15-18-3-1-2-4-20(18)26(21)29/h1-3,5-8,17,21H,4,9-15H2/q-1. The largest absolute Gasteiger partial charge is 0.780 e. The summed E-state index contributed by atoms with van der Waals surface area (Å²) in [7, 11) is 0. The van der Waals surface area contributed by atoms with Crippen molar-refractivity contribution in [3.8, 4) is 0 Å². The Labute approximate surface area is 169 Å². The van der Waals surface area contributed by atoms with Gasteiger partial charge in [-0.1, -0.05) is 18.2 Å². The van der Waals surface area contributed by atoms with Crippen LogP contribution < -0.4 is 0 Å². The summed E-state index contributed by atoms with van der Waals surface area (Å²) in [5, 5.41) is 25.9. The first kappa shape index (κ1) is 19.9. The smallest absolute Gasteiger partial charge is 0.210 e. The number of carbonyl (C=O) groups is 1. The summed E-state index contributed by atoms with van der Waals surface area (Å²) in [5.41, 5.74) is 2.07. The van der Waals surface area contributed by atoms with Crippen molar-refractivity contribution in [1.82, 2.24) is 9.96 Å². The molecule has 2 heterocycles. The van der Waals surface area contributed by atoms with Crippen LogP contribution >= 0.6 is 0 Å². The van der Waals surface area contributed by atoms with E-state index in [1.165, 1.54) is 12.1 Å². The zero-order valence-corrected chi connectivity index (χ0v) is 16.3. The van der Waals surface area contributed by atoms with Gasteiger partial charge in [0.15, 0.2) is 11.5 Å². The molecule has 0 bridgehead atoms. The van der Waals surface area contributed by atoms with Crippen molar-refractivity contribution in [3.05, 3.63) is 69.9 Å². The molecule has 1 unspecified atom stereocenters. The predicted molar refractivity (Wildman–Crippen MR) is 109 cm³/mol. The number of hydrogen-bond acceptors (Lipinski definition) is 5. The average Bonchev–Trinajstić information content (AvgIpc) is 2.74. The fraction of sp³-hybridized carbons (Fsp3) is 0.455. The van der Waals surface area contributed by atoms with Crippen molar-refractivity contribution in [2.24, 2.45) is 5.92 Å². The van der Waals surface area contributed by atoms with Crippen molar-refractivity contribution in [1.29, 1.82) is 0 Å². The number of nitrogens with zero attached hydrogens (tertiary/aromatic N) is 3. The molecule has 1 saturated heterocycles. The molecular formula is C22H25FN3O3-. The number of carbonyl (C=O) groups excluding carboxylic acids is 1. The van der Waals surface area contributed by atoms with Crippen LogP contribution in [0.1, 0.15) is 36.0 Å². The molecule has 1 atom stereocenters. The number of halogens is 1. The molecular weight excluding hydrogens is 373 g/mol. The Hall–Kier alpha value is -2.35. The molecule has 0 spiro atoms. The molecule has 7 heteroatoms. The van der Waals surface area contributed by atoms with E-state index in [1.54, 1.807) is 12.1 Å². The van der Waals surface area contributed by atoms with E-state index in [-0.39, 0.29) is 24.1 Å². The molecule has 1 aromatic carbocycles. The molecule has 1 aromatic rings. The Bertz CT molecular complexity index is 855. The highest BCUT2D eigenvalue weighted by atomic mass is 19.1. The molecule has 0 saturated carbocycles. The number of fused-ring (bicyclic) bond motifs is 1. The van der Waals surface area contributed by atoms with E-state index in [2.05, 4.69) is 4.90 Å². The molecule has 0 amide bonds. The molecule has 6 nitrogen and oxygen atoms in total. The first-order chi connectivity index (χ1) is 14.0. The quantitative estimate of drug-likeness (QED) is 0.433. The molecule has 4 rings (SSSR count). The lowest BCUT2D eigenvalue weighted by molar-refractivity contribution is -0.533. The van der Waals surface area contributed by atoms with Gasteiger partial charge >= 0.3 is 0 Å². The number of hydrogen-bond donors (Lipinski definition) is 0. The third-order valence-corrected chi connectivity index (χ3v) is 6.10. The van der Waals surface area contributed by atoms with Gasteiger partial charge in [0.1, 0.15) is 5.82 Å². The van der Waals surface area contributed by atoms with Crippen molar-refractivity contribution in [3.63, 3.8) is 0 Å². The van der Waals surface area contributed by atoms with Gasteiger partial charge in [0.2, 0.25) is 6.17 Å². The van der Waals surface area contributed by atoms with Gasteiger partial charge in [-0.05, 0) is 50.2 Å². The lowest BCUT2D eigenvalue weighted by Gasteiger charge is -2.41. The number of hydroxylamine groups is 3. The number of piperidine rings is 1. The molecule has 154 valence electrons. The Morgan fingerprint density at radius 1 is 1.21 bits per heavy atom. The van der Waals surface area contributed by atoms with Gasteiger partial charge in [0.25, 0.3) is 0 Å². The maximum atomic E-state index is 13.1. The van der Waals surface area contributed by atoms with Crippen molar-refractivity contribution in [2.75, 3.05) is 26.2 Å². The van der Waals surface area contributed by atoms with Crippen LogP contribution in [0.15, 0.2) is 48.1 Å². The van der Waals surface area contributed by atoms with Crippen molar-refractivity contribution in [2.45, 2.75) is 31.8 Å². The van der Waals surface area contributed by atoms with Crippen LogP contribution in [-0.4, -0.2) is 58.5 Å². The number of likely N-dealkylation sites (tertiary alicyclic amines) is 1. The summed E-state index contributed by atoms with van der Waals surface area (Å²) >= 11 is 0. The molecule has 3 aliphatic rings. The zero-order valence-electron chi connectivity index (χ0n) is 16.3. The highest BCUT2D eigenvalue weighted by molar-refractivity contribution is 5.99. The molecule has 2 aliphatic heterocycles. The summed E-state index contributed by atoms with van der Waals surface area (Å²) in [5.74, 6) is -0.339. The van der Waals surface area contributed by atoms with Crippen molar-refractivity contribution >= 4 is 11.5 Å². The second-order valence-electron chi connectivity index (χ2n) is 7.93. The Kier molecular flexibility index (Phi) is 5.89. The van der Waals surface area contributed by atoms with E-state index >= 15 is 0 Å². The van der Waals surface area contributed by atoms with E-state index < -0.39 is 6.17 Å². The first-order valence-electron chi connectivity index (χ1n) is 10.2. The monoisotopic (exact) mass is 398 g/mol. The zero-order chi connectivity index (χ0) is 20.4. The number of Topliss-reactive ketones (excluding diaryl/α,β-unsaturated/α-hetero) is 1. The van der Waals surface area contributed by atoms with Gasteiger partial charge in [-0.3, -0.25) is 4.79 Å². The van der Waals surface area contributed by atoms with E-state index in [9.17, 15) is 19.6 Å². The molecule has 0 radical (unpaired) electrons. The Morgan fingerprint density at radius 2 is 1.93 bits per heavy atom. The lowest BCUT2D eigenvalue weighted by Crippen LogP contribution is -2.49. The normalized spacial score (nSPS) is 23.8. The van der Waals surface area contributed by atoms with E-state index in [1.807, 2.05) is 18.2 Å². The number of ketones is 1. The maximum absolute atomic E-state index is 13.1. The maximum Gasteiger partial charge on any atom is 0.210 e. The number of benzene rings is 1. The SMILES string of the molecule is O=C(c1ccc(F)cc1)C1CCN(CCC2N([O-])CC3=CC=CCC3=[N+]2[O-])CC1. The van der Waals surface area contributed by atoms with Gasteiger partial charge in [-0.15, -0.1) is 0 Å². The first-order valence-corrected chi connectivity index (χ1v) is 10.2. The van der Waals surface area contributed by atoms with Gasteiger partial charge in [-0.2, -0.15) is 4.74 Å². The predicted octanol–water partition coefficient (Wildman–Crippen LogP) is 3.09. The summed E-state index contributed by atoms with van der Waals surface area (Å²) in [6, 6.07) is 5.71. The second kappa shape index (κ2) is 8.57. The van der Waals surface area contributed by atoms with Crippen LogP contribution in [0.2, 0.25) is 0 Å². The van der Waals surface area contributed by atoms with Crippen LogP contribution in [0.3, 0.4) is 0 Å². The summed E-state index contributed by atoms with van der Waals surface area (Å²) in [6.45, 7) is 2.43. The highest BCUT2D eigenvalue weighted by Crippen LogP contribution is 2.24. The topological polar surface area (TPSA) is 72.7 Å².